The number of ether oxygens (including phenoxy) is 1. The molecule has 2 heteroatoms. The normalized spacial score (nSPS) is 31.6. The highest BCUT2D eigenvalue weighted by molar-refractivity contribution is 4.87. The number of rotatable bonds is 2. The summed E-state index contributed by atoms with van der Waals surface area (Å²) in [5, 5.41) is 0. The van der Waals surface area contributed by atoms with Gasteiger partial charge in [0.15, 0.2) is 0 Å². The molecule has 0 bridgehead atoms. The molecule has 102 valence electrons. The standard InChI is InChI=1S/C15H31NO/c1-14(2,3)12-8-7-11(10-16)13(9-12)17-15(4,5)6/h11-13H,7-10,16H2,1-6H3. The van der Waals surface area contributed by atoms with Gasteiger partial charge in [0, 0.05) is 0 Å². The predicted molar refractivity (Wildman–Crippen MR) is 74.0 cm³/mol. The van der Waals surface area contributed by atoms with Crippen LogP contribution in [0.5, 0.6) is 0 Å². The fourth-order valence-electron chi connectivity index (χ4n) is 2.85. The molecule has 0 heterocycles. The summed E-state index contributed by atoms with van der Waals surface area (Å²) in [6.45, 7) is 14.2. The van der Waals surface area contributed by atoms with Crippen LogP contribution in [-0.4, -0.2) is 18.2 Å². The molecule has 1 rings (SSSR count). The van der Waals surface area contributed by atoms with Gasteiger partial charge in [0.25, 0.3) is 0 Å². The summed E-state index contributed by atoms with van der Waals surface area (Å²) < 4.78 is 6.23. The summed E-state index contributed by atoms with van der Waals surface area (Å²) in [4.78, 5) is 0. The zero-order chi connectivity index (χ0) is 13.3. The molecule has 0 saturated heterocycles. The van der Waals surface area contributed by atoms with Crippen LogP contribution < -0.4 is 5.73 Å². The van der Waals surface area contributed by atoms with Gasteiger partial charge in [-0.25, -0.2) is 0 Å². The van der Waals surface area contributed by atoms with Crippen molar-refractivity contribution < 1.29 is 4.74 Å². The lowest BCUT2D eigenvalue weighted by atomic mass is 9.68. The molecule has 2 N–H and O–H groups in total. The molecule has 17 heavy (non-hydrogen) atoms. The largest absolute Gasteiger partial charge is 0.372 e. The van der Waals surface area contributed by atoms with Gasteiger partial charge in [0.1, 0.15) is 0 Å². The summed E-state index contributed by atoms with van der Waals surface area (Å²) in [5.74, 6) is 1.31. The van der Waals surface area contributed by atoms with Gasteiger partial charge in [-0.05, 0) is 63.8 Å². The van der Waals surface area contributed by atoms with Crippen molar-refractivity contribution in [2.75, 3.05) is 6.54 Å². The van der Waals surface area contributed by atoms with E-state index in [2.05, 4.69) is 41.5 Å². The molecule has 3 atom stereocenters. The first-order chi connectivity index (χ1) is 7.63. The topological polar surface area (TPSA) is 35.2 Å². The van der Waals surface area contributed by atoms with Crippen molar-refractivity contribution in [1.82, 2.24) is 0 Å². The van der Waals surface area contributed by atoms with E-state index in [0.717, 1.165) is 12.5 Å². The fraction of sp³-hybridized carbons (Fsp3) is 1.00. The van der Waals surface area contributed by atoms with Gasteiger partial charge in [0.05, 0.1) is 11.7 Å². The predicted octanol–water partition coefficient (Wildman–Crippen LogP) is 3.59. The average molecular weight is 241 g/mol. The van der Waals surface area contributed by atoms with E-state index in [-0.39, 0.29) is 5.60 Å². The van der Waals surface area contributed by atoms with E-state index < -0.39 is 0 Å². The Bertz CT molecular complexity index is 236. The summed E-state index contributed by atoms with van der Waals surface area (Å²) in [6, 6.07) is 0. The van der Waals surface area contributed by atoms with E-state index in [0.29, 0.717) is 17.4 Å². The third-order valence-corrected chi connectivity index (χ3v) is 3.96. The number of hydrogen-bond donors (Lipinski definition) is 1. The third-order valence-electron chi connectivity index (χ3n) is 3.96. The van der Waals surface area contributed by atoms with E-state index in [1.165, 1.54) is 19.3 Å². The second-order valence-electron chi connectivity index (χ2n) is 7.64. The van der Waals surface area contributed by atoms with E-state index in [9.17, 15) is 0 Å². The summed E-state index contributed by atoms with van der Waals surface area (Å²) >= 11 is 0. The van der Waals surface area contributed by atoms with Crippen LogP contribution >= 0.6 is 0 Å². The smallest absolute Gasteiger partial charge is 0.0625 e. The molecular formula is C15H31NO. The SMILES string of the molecule is CC(C)(C)OC1CC(C(C)(C)C)CCC1CN. The first kappa shape index (κ1) is 15.0. The molecule has 1 fully saturated rings. The van der Waals surface area contributed by atoms with Crippen molar-refractivity contribution in [1.29, 1.82) is 0 Å². The highest BCUT2D eigenvalue weighted by Gasteiger charge is 2.37. The van der Waals surface area contributed by atoms with Crippen LogP contribution in [0.15, 0.2) is 0 Å². The van der Waals surface area contributed by atoms with Crippen molar-refractivity contribution in [2.45, 2.75) is 72.5 Å². The lowest BCUT2D eigenvalue weighted by Gasteiger charge is -2.43. The molecule has 3 unspecified atom stereocenters. The fourth-order valence-corrected chi connectivity index (χ4v) is 2.85. The maximum absolute atomic E-state index is 6.23. The zero-order valence-electron chi connectivity index (χ0n) is 12.5. The van der Waals surface area contributed by atoms with Gasteiger partial charge in [-0.2, -0.15) is 0 Å². The van der Waals surface area contributed by atoms with Crippen molar-refractivity contribution >= 4 is 0 Å². The Balaban J connectivity index is 2.69. The van der Waals surface area contributed by atoms with E-state index in [1.807, 2.05) is 0 Å². The van der Waals surface area contributed by atoms with Crippen molar-refractivity contribution in [3.63, 3.8) is 0 Å². The number of nitrogens with two attached hydrogens (primary N) is 1. The Morgan fingerprint density at radius 2 is 1.65 bits per heavy atom. The molecule has 1 saturated carbocycles. The van der Waals surface area contributed by atoms with E-state index >= 15 is 0 Å². The summed E-state index contributed by atoms with van der Waals surface area (Å²) in [6.07, 6.45) is 4.04. The van der Waals surface area contributed by atoms with Crippen LogP contribution in [0.1, 0.15) is 60.8 Å². The van der Waals surface area contributed by atoms with Crippen molar-refractivity contribution in [3.05, 3.63) is 0 Å². The van der Waals surface area contributed by atoms with Gasteiger partial charge < -0.3 is 10.5 Å². The lowest BCUT2D eigenvalue weighted by molar-refractivity contribution is -0.113. The zero-order valence-corrected chi connectivity index (χ0v) is 12.5. The van der Waals surface area contributed by atoms with Gasteiger partial charge >= 0.3 is 0 Å². The average Bonchev–Trinajstić information content (AvgIpc) is 2.13. The minimum atomic E-state index is -0.0577. The summed E-state index contributed by atoms with van der Waals surface area (Å²) in [7, 11) is 0. The molecule has 2 nitrogen and oxygen atoms in total. The maximum atomic E-state index is 6.23. The molecular weight excluding hydrogens is 210 g/mol. The molecule has 0 spiro atoms. The minimum absolute atomic E-state index is 0.0577. The highest BCUT2D eigenvalue weighted by atomic mass is 16.5. The van der Waals surface area contributed by atoms with Crippen LogP contribution in [0.3, 0.4) is 0 Å². The highest BCUT2D eigenvalue weighted by Crippen LogP contribution is 2.41. The molecule has 0 amide bonds. The Labute approximate surface area is 107 Å². The Morgan fingerprint density at radius 1 is 1.06 bits per heavy atom. The quantitative estimate of drug-likeness (QED) is 0.802. The van der Waals surface area contributed by atoms with Crippen LogP contribution in [-0.2, 0) is 4.74 Å². The first-order valence-corrected chi connectivity index (χ1v) is 7.01. The second kappa shape index (κ2) is 5.27. The third kappa shape index (κ3) is 4.59. The van der Waals surface area contributed by atoms with Crippen LogP contribution in [0.25, 0.3) is 0 Å². The van der Waals surface area contributed by atoms with Crippen molar-refractivity contribution in [2.24, 2.45) is 23.0 Å². The first-order valence-electron chi connectivity index (χ1n) is 7.01. The number of hydrogen-bond acceptors (Lipinski definition) is 2. The van der Waals surface area contributed by atoms with Gasteiger partial charge in [-0.3, -0.25) is 0 Å². The van der Waals surface area contributed by atoms with E-state index in [1.54, 1.807) is 0 Å². The Morgan fingerprint density at radius 3 is 2.06 bits per heavy atom. The molecule has 0 aromatic rings. The van der Waals surface area contributed by atoms with Crippen LogP contribution in [0.2, 0.25) is 0 Å². The van der Waals surface area contributed by atoms with Gasteiger partial charge in [-0.1, -0.05) is 20.8 Å². The maximum Gasteiger partial charge on any atom is 0.0625 e. The molecule has 1 aliphatic rings. The second-order valence-corrected chi connectivity index (χ2v) is 7.64. The van der Waals surface area contributed by atoms with E-state index in [4.69, 9.17) is 10.5 Å². The monoisotopic (exact) mass is 241 g/mol. The molecule has 0 aliphatic heterocycles. The molecule has 1 aliphatic carbocycles. The van der Waals surface area contributed by atoms with Gasteiger partial charge in [-0.15, -0.1) is 0 Å². The minimum Gasteiger partial charge on any atom is -0.372 e. The van der Waals surface area contributed by atoms with Crippen LogP contribution in [0.4, 0.5) is 0 Å². The lowest BCUT2D eigenvalue weighted by Crippen LogP contribution is -2.43. The van der Waals surface area contributed by atoms with Crippen LogP contribution in [0, 0.1) is 17.3 Å². The van der Waals surface area contributed by atoms with Gasteiger partial charge in [0.2, 0.25) is 0 Å². The Kier molecular flexibility index (Phi) is 4.65. The summed E-state index contributed by atoms with van der Waals surface area (Å²) in [5.41, 5.74) is 6.22. The molecule has 0 radical (unpaired) electrons. The molecule has 0 aromatic carbocycles. The Hall–Kier alpha value is -0.0800. The van der Waals surface area contributed by atoms with Crippen molar-refractivity contribution in [3.8, 4) is 0 Å². The molecule has 0 aromatic heterocycles.